The molecule has 2 rings (SSSR count). The summed E-state index contributed by atoms with van der Waals surface area (Å²) in [4.78, 5) is 17.4. The first-order valence-corrected chi connectivity index (χ1v) is 7.01. The van der Waals surface area contributed by atoms with Gasteiger partial charge in [0.15, 0.2) is 0 Å². The highest BCUT2D eigenvalue weighted by molar-refractivity contribution is 5.89. The van der Waals surface area contributed by atoms with Crippen molar-refractivity contribution in [2.24, 2.45) is 0 Å². The van der Waals surface area contributed by atoms with E-state index in [4.69, 9.17) is 0 Å². The van der Waals surface area contributed by atoms with Gasteiger partial charge < -0.3 is 5.11 Å². The van der Waals surface area contributed by atoms with Crippen molar-refractivity contribution in [1.82, 2.24) is 9.88 Å². The molecular formula is C17H20N2O2. The molecule has 0 saturated heterocycles. The zero-order valence-corrected chi connectivity index (χ0v) is 12.4. The van der Waals surface area contributed by atoms with Gasteiger partial charge in [0.2, 0.25) is 0 Å². The number of carboxylic acid groups (broad SMARTS) is 1. The number of aromatic carboxylic acids is 1. The maximum atomic E-state index is 11.2. The summed E-state index contributed by atoms with van der Waals surface area (Å²) >= 11 is 0. The normalized spacial score (nSPS) is 12.3. The molecule has 110 valence electrons. The molecule has 1 heterocycles. The van der Waals surface area contributed by atoms with Crippen molar-refractivity contribution < 1.29 is 9.90 Å². The minimum absolute atomic E-state index is 0.269. The second-order valence-electron chi connectivity index (χ2n) is 5.15. The molecule has 21 heavy (non-hydrogen) atoms. The van der Waals surface area contributed by atoms with E-state index in [0.717, 1.165) is 12.1 Å². The molecule has 0 saturated carbocycles. The number of carbonyl (C=O) groups is 1. The smallest absolute Gasteiger partial charge is 0.335 e. The van der Waals surface area contributed by atoms with E-state index in [9.17, 15) is 9.90 Å². The summed E-state index contributed by atoms with van der Waals surface area (Å²) in [6.07, 6.45) is 4.30. The van der Waals surface area contributed by atoms with E-state index in [1.54, 1.807) is 24.5 Å². The zero-order valence-electron chi connectivity index (χ0n) is 12.4. The zero-order chi connectivity index (χ0) is 15.2. The fourth-order valence-electron chi connectivity index (χ4n) is 2.33. The number of carboxylic acids is 1. The Balaban J connectivity index is 2.01. The van der Waals surface area contributed by atoms with Gasteiger partial charge in [-0.15, -0.1) is 0 Å². The standard InChI is InChI=1S/C17H20N2O2/c1-13(14-7-10-18-11-8-14)19(2)12-9-15-5-3-4-6-16(15)17(20)21/h3-8,10-11,13H,9,12H2,1-2H3,(H,20,21). The molecule has 1 aromatic heterocycles. The molecule has 0 aliphatic rings. The average Bonchev–Trinajstić information content (AvgIpc) is 2.52. The lowest BCUT2D eigenvalue weighted by Gasteiger charge is -2.25. The second kappa shape index (κ2) is 6.99. The predicted octanol–water partition coefficient (Wildman–Crippen LogP) is 3.02. The van der Waals surface area contributed by atoms with E-state index in [2.05, 4.69) is 23.9 Å². The summed E-state index contributed by atoms with van der Waals surface area (Å²) in [6.45, 7) is 2.94. The summed E-state index contributed by atoms with van der Waals surface area (Å²) in [5.74, 6) is -0.865. The van der Waals surface area contributed by atoms with Gasteiger partial charge in [-0.1, -0.05) is 18.2 Å². The summed E-state index contributed by atoms with van der Waals surface area (Å²) in [5, 5.41) is 9.20. The van der Waals surface area contributed by atoms with Gasteiger partial charge in [0, 0.05) is 25.0 Å². The minimum atomic E-state index is -0.865. The molecular weight excluding hydrogens is 264 g/mol. The van der Waals surface area contributed by atoms with Crippen LogP contribution in [-0.2, 0) is 6.42 Å². The second-order valence-corrected chi connectivity index (χ2v) is 5.15. The van der Waals surface area contributed by atoms with Crippen molar-refractivity contribution in [3.63, 3.8) is 0 Å². The van der Waals surface area contributed by atoms with E-state index < -0.39 is 5.97 Å². The Morgan fingerprint density at radius 2 is 1.90 bits per heavy atom. The summed E-state index contributed by atoms with van der Waals surface area (Å²) in [6, 6.07) is 11.5. The molecule has 1 unspecified atom stereocenters. The summed E-state index contributed by atoms with van der Waals surface area (Å²) in [5.41, 5.74) is 2.47. The van der Waals surface area contributed by atoms with Crippen LogP contribution in [0.5, 0.6) is 0 Å². The van der Waals surface area contributed by atoms with Crippen LogP contribution in [0.25, 0.3) is 0 Å². The Kier molecular flexibility index (Phi) is 5.06. The maximum Gasteiger partial charge on any atom is 0.335 e. The SMILES string of the molecule is CC(c1ccncc1)N(C)CCc1ccccc1C(=O)O. The first-order chi connectivity index (χ1) is 10.1. The maximum absolute atomic E-state index is 11.2. The lowest BCUT2D eigenvalue weighted by molar-refractivity contribution is 0.0695. The van der Waals surface area contributed by atoms with Crippen LogP contribution in [0.1, 0.15) is 34.5 Å². The topological polar surface area (TPSA) is 53.4 Å². The van der Waals surface area contributed by atoms with Gasteiger partial charge in [0.1, 0.15) is 0 Å². The molecule has 4 nitrogen and oxygen atoms in total. The van der Waals surface area contributed by atoms with E-state index in [1.807, 2.05) is 24.3 Å². The first kappa shape index (κ1) is 15.2. The fourth-order valence-corrected chi connectivity index (χ4v) is 2.33. The van der Waals surface area contributed by atoms with E-state index in [-0.39, 0.29) is 6.04 Å². The molecule has 0 fully saturated rings. The third-order valence-corrected chi connectivity index (χ3v) is 3.83. The Morgan fingerprint density at radius 3 is 2.57 bits per heavy atom. The van der Waals surface area contributed by atoms with Gasteiger partial charge in [-0.2, -0.15) is 0 Å². The van der Waals surface area contributed by atoms with Gasteiger partial charge in [-0.05, 0) is 49.7 Å². The molecule has 1 N–H and O–H groups in total. The van der Waals surface area contributed by atoms with Crippen LogP contribution in [0.2, 0.25) is 0 Å². The van der Waals surface area contributed by atoms with Crippen LogP contribution in [0.3, 0.4) is 0 Å². The minimum Gasteiger partial charge on any atom is -0.478 e. The number of benzene rings is 1. The highest BCUT2D eigenvalue weighted by Gasteiger charge is 2.13. The van der Waals surface area contributed by atoms with Gasteiger partial charge in [0.25, 0.3) is 0 Å². The quantitative estimate of drug-likeness (QED) is 0.886. The van der Waals surface area contributed by atoms with Crippen molar-refractivity contribution in [2.45, 2.75) is 19.4 Å². The molecule has 0 spiro atoms. The number of likely N-dealkylation sites (N-methyl/N-ethyl adjacent to an activating group) is 1. The van der Waals surface area contributed by atoms with Crippen molar-refractivity contribution in [3.05, 3.63) is 65.5 Å². The molecule has 0 aliphatic heterocycles. The van der Waals surface area contributed by atoms with Crippen LogP contribution in [0.4, 0.5) is 0 Å². The van der Waals surface area contributed by atoms with Gasteiger partial charge >= 0.3 is 5.97 Å². The molecule has 0 radical (unpaired) electrons. The number of hydrogen-bond acceptors (Lipinski definition) is 3. The van der Waals surface area contributed by atoms with E-state index in [1.165, 1.54) is 5.56 Å². The number of aromatic nitrogens is 1. The van der Waals surface area contributed by atoms with Crippen molar-refractivity contribution in [3.8, 4) is 0 Å². The Hall–Kier alpha value is -2.20. The number of nitrogens with zero attached hydrogens (tertiary/aromatic N) is 2. The molecule has 2 aromatic rings. The number of pyridine rings is 1. The molecule has 1 aromatic carbocycles. The number of hydrogen-bond donors (Lipinski definition) is 1. The fraction of sp³-hybridized carbons (Fsp3) is 0.294. The van der Waals surface area contributed by atoms with Crippen LogP contribution in [0, 0.1) is 0 Å². The molecule has 0 bridgehead atoms. The molecule has 0 amide bonds. The van der Waals surface area contributed by atoms with E-state index in [0.29, 0.717) is 12.0 Å². The molecule has 0 aliphatic carbocycles. The highest BCUT2D eigenvalue weighted by Crippen LogP contribution is 2.18. The largest absolute Gasteiger partial charge is 0.478 e. The van der Waals surface area contributed by atoms with Crippen LogP contribution < -0.4 is 0 Å². The Morgan fingerprint density at radius 1 is 1.24 bits per heavy atom. The Bertz CT molecular complexity index is 599. The Labute approximate surface area is 125 Å². The van der Waals surface area contributed by atoms with Gasteiger partial charge in [-0.25, -0.2) is 4.79 Å². The first-order valence-electron chi connectivity index (χ1n) is 7.01. The number of rotatable bonds is 6. The monoisotopic (exact) mass is 284 g/mol. The lowest BCUT2D eigenvalue weighted by Crippen LogP contribution is -2.25. The van der Waals surface area contributed by atoms with E-state index >= 15 is 0 Å². The molecule has 4 heteroatoms. The van der Waals surface area contributed by atoms with Crippen LogP contribution >= 0.6 is 0 Å². The summed E-state index contributed by atoms with van der Waals surface area (Å²) in [7, 11) is 2.05. The molecule has 1 atom stereocenters. The highest BCUT2D eigenvalue weighted by atomic mass is 16.4. The van der Waals surface area contributed by atoms with Crippen molar-refractivity contribution in [2.75, 3.05) is 13.6 Å². The van der Waals surface area contributed by atoms with Crippen molar-refractivity contribution in [1.29, 1.82) is 0 Å². The van der Waals surface area contributed by atoms with Crippen molar-refractivity contribution >= 4 is 5.97 Å². The lowest BCUT2D eigenvalue weighted by atomic mass is 10.0. The third-order valence-electron chi connectivity index (χ3n) is 3.83. The van der Waals surface area contributed by atoms with Gasteiger partial charge in [0.05, 0.1) is 5.56 Å². The predicted molar refractivity (Wildman–Crippen MR) is 82.4 cm³/mol. The van der Waals surface area contributed by atoms with Gasteiger partial charge in [-0.3, -0.25) is 9.88 Å². The van der Waals surface area contributed by atoms with Crippen LogP contribution in [0.15, 0.2) is 48.8 Å². The average molecular weight is 284 g/mol. The van der Waals surface area contributed by atoms with Crippen LogP contribution in [-0.4, -0.2) is 34.6 Å². The summed E-state index contributed by atoms with van der Waals surface area (Å²) < 4.78 is 0. The third kappa shape index (κ3) is 3.89.